The van der Waals surface area contributed by atoms with Crippen LogP contribution in [0.25, 0.3) is 5.52 Å². The second-order valence-electron chi connectivity index (χ2n) is 6.40. The molecule has 4 aromatic heterocycles. The molecule has 0 aliphatic carbocycles. The van der Waals surface area contributed by atoms with Crippen LogP contribution in [-0.4, -0.2) is 36.1 Å². The van der Waals surface area contributed by atoms with E-state index >= 15 is 0 Å². The van der Waals surface area contributed by atoms with Gasteiger partial charge in [0, 0.05) is 30.9 Å². The number of aryl methyl sites for hydroxylation is 1. The highest BCUT2D eigenvalue weighted by molar-refractivity contribution is 6.29. The first kappa shape index (κ1) is 15.3. The number of hydrogen-bond acceptors (Lipinski definition) is 5. The van der Waals surface area contributed by atoms with Gasteiger partial charge in [0.1, 0.15) is 23.3 Å². The fraction of sp³-hybridized carbons (Fsp3) is 0.222. The van der Waals surface area contributed by atoms with Gasteiger partial charge in [-0.25, -0.2) is 19.5 Å². The highest BCUT2D eigenvalue weighted by Gasteiger charge is 2.34. The molecule has 0 saturated carbocycles. The van der Waals surface area contributed by atoms with Crippen molar-refractivity contribution in [2.75, 3.05) is 11.4 Å². The normalized spacial score (nSPS) is 16.8. The van der Waals surface area contributed by atoms with E-state index in [9.17, 15) is 0 Å². The van der Waals surface area contributed by atoms with E-state index in [-0.39, 0.29) is 6.04 Å². The summed E-state index contributed by atoms with van der Waals surface area (Å²) in [7, 11) is 0. The number of halogens is 1. The lowest BCUT2D eigenvalue weighted by atomic mass is 9.99. The number of nitrogens with one attached hydrogen (secondary N) is 1. The summed E-state index contributed by atoms with van der Waals surface area (Å²) in [5.74, 6) is 0.775. The highest BCUT2D eigenvalue weighted by Crippen LogP contribution is 2.36. The van der Waals surface area contributed by atoms with Crippen LogP contribution in [-0.2, 0) is 6.42 Å². The summed E-state index contributed by atoms with van der Waals surface area (Å²) in [5, 5.41) is 5.24. The summed E-state index contributed by atoms with van der Waals surface area (Å²) in [6, 6.07) is 7.87. The van der Waals surface area contributed by atoms with E-state index in [1.54, 1.807) is 12.4 Å². The Hall–Kier alpha value is -2.93. The maximum Gasteiger partial charge on any atom is 0.134 e. The Morgan fingerprint density at radius 2 is 2.15 bits per heavy atom. The standard InChI is InChI=1S/C18H16ClN7/c1-11-3-2-5-26-14(11)7-13(24-26)18-17-12(20-9-23-17)4-6-25(18)16-8-15(19)21-10-22-16/h2-3,5,7-10,18H,4,6H2,1H3,(H,20,23)/t18-/m0/s1. The van der Waals surface area contributed by atoms with Crippen molar-refractivity contribution < 1.29 is 0 Å². The molecule has 1 aliphatic heterocycles. The van der Waals surface area contributed by atoms with Gasteiger partial charge in [-0.2, -0.15) is 5.10 Å². The predicted molar refractivity (Wildman–Crippen MR) is 98.5 cm³/mol. The number of aromatic amines is 1. The summed E-state index contributed by atoms with van der Waals surface area (Å²) in [4.78, 5) is 18.5. The average molecular weight is 366 g/mol. The number of pyridine rings is 1. The number of hydrogen-bond donors (Lipinski definition) is 1. The maximum absolute atomic E-state index is 6.10. The van der Waals surface area contributed by atoms with Gasteiger partial charge in [-0.1, -0.05) is 17.7 Å². The van der Waals surface area contributed by atoms with E-state index < -0.39 is 0 Å². The van der Waals surface area contributed by atoms with E-state index in [1.165, 1.54) is 11.9 Å². The minimum absolute atomic E-state index is 0.129. The van der Waals surface area contributed by atoms with Crippen LogP contribution >= 0.6 is 11.6 Å². The van der Waals surface area contributed by atoms with E-state index in [2.05, 4.69) is 43.9 Å². The number of anilines is 1. The first-order chi connectivity index (χ1) is 12.7. The van der Waals surface area contributed by atoms with Gasteiger partial charge >= 0.3 is 0 Å². The molecule has 0 fully saturated rings. The number of fused-ring (bicyclic) bond motifs is 2. The molecule has 1 aliphatic rings. The van der Waals surface area contributed by atoms with Gasteiger partial charge in [0.15, 0.2) is 0 Å². The molecule has 1 atom stereocenters. The Balaban J connectivity index is 1.69. The average Bonchev–Trinajstić information content (AvgIpc) is 3.28. The van der Waals surface area contributed by atoms with Gasteiger partial charge in [0.25, 0.3) is 0 Å². The SMILES string of the molecule is Cc1cccn2nc([C@H]3c4nc[nH]c4CCN3c3cc(Cl)ncn3)cc12. The van der Waals surface area contributed by atoms with Crippen molar-refractivity contribution in [1.82, 2.24) is 29.5 Å². The molecule has 0 radical (unpaired) electrons. The lowest BCUT2D eigenvalue weighted by Crippen LogP contribution is -2.37. The minimum atomic E-state index is -0.129. The zero-order valence-corrected chi connectivity index (χ0v) is 14.9. The number of nitrogens with zero attached hydrogens (tertiary/aromatic N) is 6. The molecule has 7 nitrogen and oxygen atoms in total. The van der Waals surface area contributed by atoms with E-state index in [0.29, 0.717) is 5.15 Å². The summed E-state index contributed by atoms with van der Waals surface area (Å²) < 4.78 is 1.91. The molecule has 130 valence electrons. The third kappa shape index (κ3) is 2.35. The summed E-state index contributed by atoms with van der Waals surface area (Å²) in [6.07, 6.45) is 6.06. The second-order valence-corrected chi connectivity index (χ2v) is 6.79. The number of H-pyrrole nitrogens is 1. The van der Waals surface area contributed by atoms with E-state index in [1.807, 2.05) is 16.8 Å². The predicted octanol–water partition coefficient (Wildman–Crippen LogP) is 2.96. The lowest BCUT2D eigenvalue weighted by molar-refractivity contribution is 0.610. The van der Waals surface area contributed by atoms with Crippen LogP contribution in [0.2, 0.25) is 5.15 Å². The molecule has 5 heterocycles. The van der Waals surface area contributed by atoms with Gasteiger partial charge in [-0.05, 0) is 24.6 Å². The monoisotopic (exact) mass is 365 g/mol. The third-order valence-corrected chi connectivity index (χ3v) is 5.06. The Morgan fingerprint density at radius 3 is 3.00 bits per heavy atom. The van der Waals surface area contributed by atoms with Gasteiger partial charge in [0.2, 0.25) is 0 Å². The van der Waals surface area contributed by atoms with Crippen LogP contribution in [0.5, 0.6) is 0 Å². The molecule has 26 heavy (non-hydrogen) atoms. The molecule has 0 amide bonds. The largest absolute Gasteiger partial charge is 0.348 e. The minimum Gasteiger partial charge on any atom is -0.348 e. The lowest BCUT2D eigenvalue weighted by Gasteiger charge is -2.34. The van der Waals surface area contributed by atoms with Crippen molar-refractivity contribution >= 4 is 22.9 Å². The number of rotatable bonds is 2. The second kappa shape index (κ2) is 5.81. The van der Waals surface area contributed by atoms with Crippen LogP contribution < -0.4 is 4.90 Å². The smallest absolute Gasteiger partial charge is 0.134 e. The quantitative estimate of drug-likeness (QED) is 0.553. The van der Waals surface area contributed by atoms with Crippen LogP contribution in [0.15, 0.2) is 43.1 Å². The van der Waals surface area contributed by atoms with Gasteiger partial charge in [-0.3, -0.25) is 0 Å². The van der Waals surface area contributed by atoms with Crippen molar-refractivity contribution in [3.8, 4) is 0 Å². The van der Waals surface area contributed by atoms with Crippen molar-refractivity contribution in [3.05, 3.63) is 70.9 Å². The van der Waals surface area contributed by atoms with Gasteiger partial charge in [-0.15, -0.1) is 0 Å². The molecule has 0 spiro atoms. The van der Waals surface area contributed by atoms with E-state index in [4.69, 9.17) is 16.7 Å². The van der Waals surface area contributed by atoms with Crippen LogP contribution in [0, 0.1) is 6.92 Å². The molecule has 0 saturated heterocycles. The van der Waals surface area contributed by atoms with Crippen molar-refractivity contribution in [1.29, 1.82) is 0 Å². The number of aromatic nitrogens is 6. The molecule has 8 heteroatoms. The first-order valence-electron chi connectivity index (χ1n) is 8.42. The highest BCUT2D eigenvalue weighted by atomic mass is 35.5. The molecule has 0 unspecified atom stereocenters. The fourth-order valence-corrected chi connectivity index (χ4v) is 3.75. The summed E-state index contributed by atoms with van der Waals surface area (Å²) in [5.41, 5.74) is 5.32. The molecular weight excluding hydrogens is 350 g/mol. The van der Waals surface area contributed by atoms with Crippen molar-refractivity contribution in [2.24, 2.45) is 0 Å². The zero-order chi connectivity index (χ0) is 17.7. The summed E-state index contributed by atoms with van der Waals surface area (Å²) >= 11 is 6.10. The Morgan fingerprint density at radius 1 is 1.23 bits per heavy atom. The van der Waals surface area contributed by atoms with Crippen molar-refractivity contribution in [3.63, 3.8) is 0 Å². The van der Waals surface area contributed by atoms with E-state index in [0.717, 1.165) is 41.4 Å². The molecule has 4 aromatic rings. The topological polar surface area (TPSA) is 75.0 Å². The van der Waals surface area contributed by atoms with Crippen LogP contribution in [0.4, 0.5) is 5.82 Å². The Kier molecular flexibility index (Phi) is 3.43. The fourth-order valence-electron chi connectivity index (χ4n) is 3.61. The van der Waals surface area contributed by atoms with Crippen LogP contribution in [0.3, 0.4) is 0 Å². The summed E-state index contributed by atoms with van der Waals surface area (Å²) in [6.45, 7) is 2.88. The number of imidazole rings is 1. The molecule has 5 rings (SSSR count). The molecular formula is C18H16ClN7. The zero-order valence-electron chi connectivity index (χ0n) is 14.1. The third-order valence-electron chi connectivity index (χ3n) is 4.85. The Labute approximate surface area is 154 Å². The van der Waals surface area contributed by atoms with Gasteiger partial charge < -0.3 is 9.88 Å². The first-order valence-corrected chi connectivity index (χ1v) is 8.80. The molecule has 1 N–H and O–H groups in total. The molecule has 0 bridgehead atoms. The molecule has 0 aromatic carbocycles. The Bertz CT molecular complexity index is 1100. The maximum atomic E-state index is 6.10. The van der Waals surface area contributed by atoms with Gasteiger partial charge in [0.05, 0.1) is 23.2 Å². The van der Waals surface area contributed by atoms with Crippen LogP contribution in [0.1, 0.15) is 28.7 Å². The van der Waals surface area contributed by atoms with Crippen molar-refractivity contribution in [2.45, 2.75) is 19.4 Å².